The van der Waals surface area contributed by atoms with Gasteiger partial charge in [0.2, 0.25) is 0 Å². The van der Waals surface area contributed by atoms with Crippen molar-refractivity contribution in [2.45, 2.75) is 24.9 Å². The molecule has 2 aliphatic heterocycles. The molecule has 37 heavy (non-hydrogen) atoms. The number of likely N-dealkylation sites (N-methyl/N-ethyl adjacent to an activating group) is 1. The summed E-state index contributed by atoms with van der Waals surface area (Å²) in [4.78, 5) is 21.0. The van der Waals surface area contributed by atoms with Crippen molar-refractivity contribution in [2.75, 3.05) is 44.7 Å². The highest BCUT2D eigenvalue weighted by atomic mass is 19.1. The van der Waals surface area contributed by atoms with Gasteiger partial charge in [-0.15, -0.1) is 0 Å². The number of piperazine rings is 1. The lowest BCUT2D eigenvalue weighted by atomic mass is 10.0. The number of fused-ring (bicyclic) bond motifs is 2. The molecule has 0 unspecified atom stereocenters. The number of benzene rings is 1. The van der Waals surface area contributed by atoms with Gasteiger partial charge in [0.05, 0.1) is 18.3 Å². The Labute approximate surface area is 213 Å². The summed E-state index contributed by atoms with van der Waals surface area (Å²) in [5.74, 6) is 1.06. The Morgan fingerprint density at radius 1 is 1.00 bits per heavy atom. The number of rotatable bonds is 5. The van der Waals surface area contributed by atoms with Gasteiger partial charge in [-0.3, -0.25) is 4.90 Å². The largest absolute Gasteiger partial charge is 0.346 e. The molecule has 3 aromatic heterocycles. The predicted molar refractivity (Wildman–Crippen MR) is 135 cm³/mol. The second kappa shape index (κ2) is 8.53. The number of anilines is 1. The fourth-order valence-corrected chi connectivity index (χ4v) is 6.09. The van der Waals surface area contributed by atoms with E-state index in [2.05, 4.69) is 36.8 Å². The first-order chi connectivity index (χ1) is 18.0. The van der Waals surface area contributed by atoms with E-state index < -0.39 is 11.4 Å². The van der Waals surface area contributed by atoms with Crippen LogP contribution in [0, 0.1) is 17.6 Å². The first-order valence-corrected chi connectivity index (χ1v) is 12.8. The normalized spacial score (nSPS) is 24.1. The molecule has 0 spiro atoms. The number of hydrogen-bond acceptors (Lipinski definition) is 7. The summed E-state index contributed by atoms with van der Waals surface area (Å²) in [6.07, 6.45) is 9.04. The summed E-state index contributed by atoms with van der Waals surface area (Å²) in [6, 6.07) is 5.65. The van der Waals surface area contributed by atoms with Crippen LogP contribution in [0.1, 0.15) is 24.2 Å². The van der Waals surface area contributed by atoms with Crippen molar-refractivity contribution < 1.29 is 8.78 Å². The number of hydrogen-bond donors (Lipinski definition) is 0. The maximum Gasteiger partial charge on any atom is 0.165 e. The van der Waals surface area contributed by atoms with Gasteiger partial charge in [0, 0.05) is 68.0 Å². The molecule has 3 fully saturated rings. The van der Waals surface area contributed by atoms with Crippen molar-refractivity contribution in [2.24, 2.45) is 5.92 Å². The molecule has 1 saturated carbocycles. The predicted octanol–water partition coefficient (Wildman–Crippen LogP) is 3.34. The lowest BCUT2D eigenvalue weighted by molar-refractivity contribution is 0.145. The highest BCUT2D eigenvalue weighted by molar-refractivity contribution is 5.77. The van der Waals surface area contributed by atoms with Gasteiger partial charge in [0.1, 0.15) is 23.3 Å². The molecule has 8 nitrogen and oxygen atoms in total. The van der Waals surface area contributed by atoms with Crippen LogP contribution in [0.5, 0.6) is 0 Å². The molecule has 3 aliphatic rings. The third-order valence-electron chi connectivity index (χ3n) is 8.26. The fraction of sp³-hybridized carbons (Fsp3) is 0.407. The Bertz CT molecular complexity index is 1460. The molecule has 0 radical (unpaired) electrons. The highest BCUT2D eigenvalue weighted by Gasteiger charge is 2.64. The number of nitrogens with zero attached hydrogens (tertiary/aromatic N) is 8. The Morgan fingerprint density at radius 2 is 1.81 bits per heavy atom. The Balaban J connectivity index is 1.18. The molecule has 4 aromatic rings. The highest BCUT2D eigenvalue weighted by Crippen LogP contribution is 2.63. The van der Waals surface area contributed by atoms with Crippen LogP contribution >= 0.6 is 0 Å². The molecular weight excluding hydrogens is 474 g/mol. The first kappa shape index (κ1) is 22.7. The van der Waals surface area contributed by atoms with E-state index in [-0.39, 0.29) is 5.82 Å². The smallest absolute Gasteiger partial charge is 0.165 e. The average molecular weight is 503 g/mol. The summed E-state index contributed by atoms with van der Waals surface area (Å²) >= 11 is 0. The minimum atomic E-state index is -0.536. The van der Waals surface area contributed by atoms with Crippen molar-refractivity contribution in [3.63, 3.8) is 0 Å². The molecule has 1 aromatic carbocycles. The SMILES string of the molecule is CN1CCN(Cc2ncc(-c3cnn4ccc(N5CC[C@H]6C[C@]65c5cc(F)ccc5F)nc34)cn2)CC1. The maximum absolute atomic E-state index is 14.8. The van der Waals surface area contributed by atoms with E-state index >= 15 is 0 Å². The van der Waals surface area contributed by atoms with Crippen LogP contribution in [-0.4, -0.2) is 74.1 Å². The average Bonchev–Trinajstić information content (AvgIpc) is 3.29. The van der Waals surface area contributed by atoms with Gasteiger partial charge in [-0.1, -0.05) is 0 Å². The molecule has 0 N–H and O–H groups in total. The van der Waals surface area contributed by atoms with E-state index in [1.165, 1.54) is 18.2 Å². The van der Waals surface area contributed by atoms with Gasteiger partial charge in [-0.05, 0) is 50.1 Å². The molecule has 0 amide bonds. The molecule has 190 valence electrons. The molecule has 10 heteroatoms. The second-order valence-electron chi connectivity index (χ2n) is 10.5. The Morgan fingerprint density at radius 3 is 2.59 bits per heavy atom. The van der Waals surface area contributed by atoms with Gasteiger partial charge in [-0.25, -0.2) is 28.2 Å². The summed E-state index contributed by atoms with van der Waals surface area (Å²) < 4.78 is 30.6. The Hall–Kier alpha value is -3.50. The van der Waals surface area contributed by atoms with Gasteiger partial charge < -0.3 is 9.80 Å². The van der Waals surface area contributed by atoms with Crippen molar-refractivity contribution in [1.82, 2.24) is 34.4 Å². The third kappa shape index (κ3) is 3.77. The van der Waals surface area contributed by atoms with E-state index in [9.17, 15) is 8.78 Å². The van der Waals surface area contributed by atoms with Gasteiger partial charge in [0.15, 0.2) is 5.65 Å². The second-order valence-corrected chi connectivity index (χ2v) is 10.5. The zero-order chi connectivity index (χ0) is 25.1. The maximum atomic E-state index is 14.8. The van der Waals surface area contributed by atoms with Crippen LogP contribution in [-0.2, 0) is 12.1 Å². The summed E-state index contributed by atoms with van der Waals surface area (Å²) in [6.45, 7) is 5.62. The van der Waals surface area contributed by atoms with E-state index in [1.54, 1.807) is 10.7 Å². The van der Waals surface area contributed by atoms with E-state index in [0.29, 0.717) is 17.1 Å². The lowest BCUT2D eigenvalue weighted by Crippen LogP contribution is -2.44. The van der Waals surface area contributed by atoms with Gasteiger partial charge >= 0.3 is 0 Å². The molecular formula is C27H28F2N8. The summed E-state index contributed by atoms with van der Waals surface area (Å²) in [5.41, 5.74) is 2.26. The van der Waals surface area contributed by atoms with E-state index in [4.69, 9.17) is 4.98 Å². The number of halogens is 2. The number of aromatic nitrogens is 5. The molecule has 5 heterocycles. The summed E-state index contributed by atoms with van der Waals surface area (Å²) in [5, 5.41) is 4.47. The van der Waals surface area contributed by atoms with Crippen LogP contribution in [0.4, 0.5) is 14.6 Å². The Kier molecular flexibility index (Phi) is 5.23. The van der Waals surface area contributed by atoms with Crippen LogP contribution in [0.15, 0.2) is 49.1 Å². The van der Waals surface area contributed by atoms with Gasteiger partial charge in [0.25, 0.3) is 0 Å². The lowest BCUT2D eigenvalue weighted by Gasteiger charge is -2.31. The van der Waals surface area contributed by atoms with Crippen LogP contribution in [0.25, 0.3) is 16.8 Å². The summed E-state index contributed by atoms with van der Waals surface area (Å²) in [7, 11) is 2.14. The molecule has 2 atom stereocenters. The quantitative estimate of drug-likeness (QED) is 0.415. The van der Waals surface area contributed by atoms with Crippen LogP contribution < -0.4 is 4.90 Å². The molecule has 0 bridgehead atoms. The van der Waals surface area contributed by atoms with Crippen LogP contribution in [0.3, 0.4) is 0 Å². The standard InChI is InChI=1S/C27H28F2N8/c1-34-8-10-35(11-9-34)17-24-30-14-18(15-31-24)21-16-32-37-7-5-25(33-26(21)37)36-6-4-19-13-27(19,36)22-12-20(28)2-3-23(22)29/h2-3,5,7,12,14-16,19H,4,6,8-11,13,17H2,1H3/t19-,27+/m0/s1. The molecule has 7 rings (SSSR count). The molecule has 1 aliphatic carbocycles. The van der Waals surface area contributed by atoms with Crippen molar-refractivity contribution >= 4 is 11.5 Å². The van der Waals surface area contributed by atoms with Crippen LogP contribution in [0.2, 0.25) is 0 Å². The van der Waals surface area contributed by atoms with E-state index in [0.717, 1.165) is 74.9 Å². The van der Waals surface area contributed by atoms with Crippen molar-refractivity contribution in [1.29, 1.82) is 0 Å². The minimum Gasteiger partial charge on any atom is -0.346 e. The van der Waals surface area contributed by atoms with Crippen molar-refractivity contribution in [3.8, 4) is 11.1 Å². The topological polar surface area (TPSA) is 65.7 Å². The first-order valence-electron chi connectivity index (χ1n) is 12.8. The minimum absolute atomic E-state index is 0.299. The third-order valence-corrected chi connectivity index (χ3v) is 8.26. The van der Waals surface area contributed by atoms with E-state index in [1.807, 2.05) is 24.7 Å². The van der Waals surface area contributed by atoms with Gasteiger partial charge in [-0.2, -0.15) is 5.10 Å². The zero-order valence-electron chi connectivity index (χ0n) is 20.7. The van der Waals surface area contributed by atoms with Crippen molar-refractivity contribution in [3.05, 3.63) is 72.1 Å². The zero-order valence-corrected chi connectivity index (χ0v) is 20.7. The monoisotopic (exact) mass is 502 g/mol. The number of piperidine rings is 1. The molecule has 2 saturated heterocycles. The fourth-order valence-electron chi connectivity index (χ4n) is 6.09.